The van der Waals surface area contributed by atoms with Crippen LogP contribution in [0.5, 0.6) is 0 Å². The summed E-state index contributed by atoms with van der Waals surface area (Å²) in [7, 11) is 0. The first kappa shape index (κ1) is 16.1. The minimum atomic E-state index is 0.274. The van der Waals surface area contributed by atoms with Gasteiger partial charge in [-0.3, -0.25) is 4.68 Å². The number of hydrogen-bond acceptors (Lipinski definition) is 5. The Morgan fingerprint density at radius 1 is 1.29 bits per heavy atom. The van der Waals surface area contributed by atoms with E-state index >= 15 is 0 Å². The van der Waals surface area contributed by atoms with E-state index in [0.29, 0.717) is 0 Å². The van der Waals surface area contributed by atoms with E-state index in [9.17, 15) is 0 Å². The van der Waals surface area contributed by atoms with Crippen LogP contribution < -0.4 is 5.32 Å². The van der Waals surface area contributed by atoms with Gasteiger partial charge >= 0.3 is 0 Å². The summed E-state index contributed by atoms with van der Waals surface area (Å²) in [5, 5.41) is 9.09. The van der Waals surface area contributed by atoms with Crippen molar-refractivity contribution in [3.63, 3.8) is 0 Å². The van der Waals surface area contributed by atoms with Crippen molar-refractivity contribution in [3.05, 3.63) is 27.7 Å². The molecule has 0 amide bonds. The van der Waals surface area contributed by atoms with Gasteiger partial charge in [0.2, 0.25) is 0 Å². The molecule has 2 aromatic heterocycles. The van der Waals surface area contributed by atoms with Crippen LogP contribution >= 0.6 is 11.3 Å². The Morgan fingerprint density at radius 3 is 2.71 bits per heavy atom. The molecule has 1 N–H and O–H groups in total. The minimum absolute atomic E-state index is 0.274. The van der Waals surface area contributed by atoms with Gasteiger partial charge in [-0.2, -0.15) is 5.10 Å². The van der Waals surface area contributed by atoms with Gasteiger partial charge in [0.15, 0.2) is 0 Å². The summed E-state index contributed by atoms with van der Waals surface area (Å²) in [5.74, 6) is 1.05. The van der Waals surface area contributed by atoms with Gasteiger partial charge in [-0.1, -0.05) is 13.8 Å². The molecule has 1 unspecified atom stereocenters. The highest BCUT2D eigenvalue weighted by atomic mass is 32.1. The van der Waals surface area contributed by atoms with Crippen LogP contribution in [0.3, 0.4) is 0 Å². The van der Waals surface area contributed by atoms with Gasteiger partial charge in [-0.05, 0) is 33.2 Å². The zero-order chi connectivity index (χ0) is 15.2. The molecule has 0 aliphatic carbocycles. The zero-order valence-electron chi connectivity index (χ0n) is 13.4. The number of hydrogen-bond donors (Lipinski definition) is 1. The SMILES string of the molecule is CCCNC(Cc1ncnn1CCC)c1sc(C)nc1C. The molecule has 0 aliphatic heterocycles. The second kappa shape index (κ2) is 7.66. The van der Waals surface area contributed by atoms with Crippen LogP contribution in [-0.4, -0.2) is 26.3 Å². The fraction of sp³-hybridized carbons (Fsp3) is 0.667. The maximum atomic E-state index is 4.56. The second-order valence-corrected chi connectivity index (χ2v) is 6.53. The summed E-state index contributed by atoms with van der Waals surface area (Å²) in [4.78, 5) is 10.3. The van der Waals surface area contributed by atoms with Crippen LogP contribution in [0.1, 0.15) is 54.1 Å². The van der Waals surface area contributed by atoms with E-state index in [1.807, 2.05) is 4.68 Å². The normalized spacial score (nSPS) is 12.8. The largest absolute Gasteiger partial charge is 0.309 e. The second-order valence-electron chi connectivity index (χ2n) is 5.29. The maximum Gasteiger partial charge on any atom is 0.138 e. The van der Waals surface area contributed by atoms with E-state index in [0.717, 1.165) is 48.9 Å². The predicted molar refractivity (Wildman–Crippen MR) is 86.6 cm³/mol. The number of rotatable bonds is 8. The van der Waals surface area contributed by atoms with Crippen LogP contribution in [-0.2, 0) is 13.0 Å². The molecule has 0 radical (unpaired) electrons. The third-order valence-electron chi connectivity index (χ3n) is 3.41. The Hall–Kier alpha value is -1.27. The highest BCUT2D eigenvalue weighted by molar-refractivity contribution is 7.11. The Morgan fingerprint density at radius 2 is 2.10 bits per heavy atom. The van der Waals surface area contributed by atoms with Crippen molar-refractivity contribution in [2.45, 2.75) is 59.5 Å². The van der Waals surface area contributed by atoms with E-state index in [2.05, 4.69) is 48.1 Å². The molecule has 21 heavy (non-hydrogen) atoms. The Bertz CT molecular complexity index is 560. The monoisotopic (exact) mass is 307 g/mol. The van der Waals surface area contributed by atoms with Crippen molar-refractivity contribution in [2.75, 3.05) is 6.54 Å². The lowest BCUT2D eigenvalue weighted by atomic mass is 10.1. The summed E-state index contributed by atoms with van der Waals surface area (Å²) in [6.07, 6.45) is 4.71. The molecule has 116 valence electrons. The van der Waals surface area contributed by atoms with Crippen molar-refractivity contribution in [1.82, 2.24) is 25.1 Å². The number of thiazole rings is 1. The molecule has 2 rings (SSSR count). The fourth-order valence-corrected chi connectivity index (χ4v) is 3.48. The first-order chi connectivity index (χ1) is 10.2. The van der Waals surface area contributed by atoms with E-state index in [-0.39, 0.29) is 6.04 Å². The molecule has 0 saturated heterocycles. The summed E-state index contributed by atoms with van der Waals surface area (Å²) in [6.45, 7) is 10.4. The Kier molecular flexibility index (Phi) is 5.87. The number of aromatic nitrogens is 4. The molecule has 0 bridgehead atoms. The molecule has 5 nitrogen and oxygen atoms in total. The van der Waals surface area contributed by atoms with Crippen molar-refractivity contribution in [3.8, 4) is 0 Å². The number of aryl methyl sites for hydroxylation is 3. The van der Waals surface area contributed by atoms with Crippen LogP contribution in [0.4, 0.5) is 0 Å². The first-order valence-electron chi connectivity index (χ1n) is 7.69. The summed E-state index contributed by atoms with van der Waals surface area (Å²) in [6, 6.07) is 0.274. The van der Waals surface area contributed by atoms with E-state index in [1.54, 1.807) is 17.7 Å². The third-order valence-corrected chi connectivity index (χ3v) is 4.60. The number of nitrogens with one attached hydrogen (secondary N) is 1. The van der Waals surface area contributed by atoms with Crippen molar-refractivity contribution >= 4 is 11.3 Å². The highest BCUT2D eigenvalue weighted by Gasteiger charge is 2.20. The minimum Gasteiger partial charge on any atom is -0.309 e. The zero-order valence-corrected chi connectivity index (χ0v) is 14.2. The lowest BCUT2D eigenvalue weighted by Gasteiger charge is -2.17. The van der Waals surface area contributed by atoms with E-state index in [4.69, 9.17) is 0 Å². The van der Waals surface area contributed by atoms with E-state index < -0.39 is 0 Å². The van der Waals surface area contributed by atoms with Crippen LogP contribution in [0.25, 0.3) is 0 Å². The van der Waals surface area contributed by atoms with Gasteiger partial charge in [0.25, 0.3) is 0 Å². The van der Waals surface area contributed by atoms with E-state index in [1.165, 1.54) is 4.88 Å². The summed E-state index contributed by atoms with van der Waals surface area (Å²) in [5.41, 5.74) is 1.13. The van der Waals surface area contributed by atoms with Gasteiger partial charge in [0, 0.05) is 17.8 Å². The average molecular weight is 307 g/mol. The van der Waals surface area contributed by atoms with Crippen molar-refractivity contribution in [1.29, 1.82) is 0 Å². The fourth-order valence-electron chi connectivity index (χ4n) is 2.47. The average Bonchev–Trinajstić information content (AvgIpc) is 3.02. The van der Waals surface area contributed by atoms with Gasteiger partial charge in [0.05, 0.1) is 16.7 Å². The highest BCUT2D eigenvalue weighted by Crippen LogP contribution is 2.27. The van der Waals surface area contributed by atoms with Crippen molar-refractivity contribution < 1.29 is 0 Å². The molecule has 0 aromatic carbocycles. The lowest BCUT2D eigenvalue weighted by Crippen LogP contribution is -2.25. The molecular formula is C15H25N5S. The van der Waals surface area contributed by atoms with Crippen LogP contribution in [0, 0.1) is 13.8 Å². The van der Waals surface area contributed by atoms with Crippen LogP contribution in [0.15, 0.2) is 6.33 Å². The molecule has 2 heterocycles. The van der Waals surface area contributed by atoms with Gasteiger partial charge in [-0.25, -0.2) is 9.97 Å². The Labute approximate surface area is 130 Å². The van der Waals surface area contributed by atoms with Gasteiger partial charge in [-0.15, -0.1) is 11.3 Å². The molecular weight excluding hydrogens is 282 g/mol. The van der Waals surface area contributed by atoms with Crippen LogP contribution in [0.2, 0.25) is 0 Å². The standard InChI is InChI=1S/C15H25N5S/c1-5-7-16-13(15-11(3)19-12(4)21-15)9-14-17-10-18-20(14)8-6-2/h10,13,16H,5-9H2,1-4H3. The molecule has 6 heteroatoms. The quantitative estimate of drug-likeness (QED) is 0.814. The summed E-state index contributed by atoms with van der Waals surface area (Å²) < 4.78 is 2.02. The molecule has 0 saturated carbocycles. The molecule has 1 atom stereocenters. The predicted octanol–water partition coefficient (Wildman–Crippen LogP) is 3.04. The van der Waals surface area contributed by atoms with Gasteiger partial charge < -0.3 is 5.32 Å². The smallest absolute Gasteiger partial charge is 0.138 e. The lowest BCUT2D eigenvalue weighted by molar-refractivity contribution is 0.491. The first-order valence-corrected chi connectivity index (χ1v) is 8.51. The maximum absolute atomic E-state index is 4.56. The third kappa shape index (κ3) is 4.11. The van der Waals surface area contributed by atoms with Crippen molar-refractivity contribution in [2.24, 2.45) is 0 Å². The Balaban J connectivity index is 2.20. The molecule has 0 spiro atoms. The molecule has 0 aliphatic rings. The molecule has 0 fully saturated rings. The topological polar surface area (TPSA) is 55.6 Å². The molecule has 2 aromatic rings. The summed E-state index contributed by atoms with van der Waals surface area (Å²) >= 11 is 1.78. The number of nitrogens with zero attached hydrogens (tertiary/aromatic N) is 4. The van der Waals surface area contributed by atoms with Gasteiger partial charge in [0.1, 0.15) is 12.2 Å².